The van der Waals surface area contributed by atoms with Gasteiger partial charge in [-0.3, -0.25) is 0 Å². The van der Waals surface area contributed by atoms with Crippen LogP contribution in [0, 0.1) is 0 Å². The van der Waals surface area contributed by atoms with E-state index in [0.717, 1.165) is 6.29 Å². The van der Waals surface area contributed by atoms with Crippen molar-refractivity contribution in [3.05, 3.63) is 0 Å². The molecule has 0 spiro atoms. The molecule has 0 saturated carbocycles. The van der Waals surface area contributed by atoms with Crippen molar-refractivity contribution < 1.29 is 18.7 Å². The van der Waals surface area contributed by atoms with Crippen molar-refractivity contribution in [1.29, 1.82) is 0 Å². The van der Waals surface area contributed by atoms with E-state index in [1.54, 1.807) is 13.8 Å². The minimum Gasteiger partial charge on any atom is -0.415 e. The second-order valence-electron chi connectivity index (χ2n) is 5.20. The number of aldehydes is 1. The first-order valence-electron chi connectivity index (χ1n) is 5.18. The van der Waals surface area contributed by atoms with Crippen molar-refractivity contribution in [2.24, 2.45) is 0 Å². The van der Waals surface area contributed by atoms with Crippen molar-refractivity contribution in [3.63, 3.8) is 0 Å². The van der Waals surface area contributed by atoms with E-state index < -0.39 is 20.2 Å². The van der Waals surface area contributed by atoms with E-state index in [2.05, 4.69) is 19.6 Å². The summed E-state index contributed by atoms with van der Waals surface area (Å²) >= 11 is 0. The largest absolute Gasteiger partial charge is 0.415 e. The van der Waals surface area contributed by atoms with Crippen LogP contribution in [0.5, 0.6) is 0 Å². The molecule has 4 nitrogen and oxygen atoms in total. The van der Waals surface area contributed by atoms with Gasteiger partial charge in [-0.05, 0) is 33.5 Å². The van der Waals surface area contributed by atoms with Gasteiger partial charge in [-0.25, -0.2) is 0 Å². The summed E-state index contributed by atoms with van der Waals surface area (Å²) in [6.45, 7) is 10.3. The molecule has 0 aliphatic carbocycles. The van der Waals surface area contributed by atoms with Crippen LogP contribution in [0.4, 0.5) is 0 Å². The van der Waals surface area contributed by atoms with Crippen LogP contribution < -0.4 is 0 Å². The molecule has 1 aliphatic heterocycles. The van der Waals surface area contributed by atoms with Gasteiger partial charge in [0.25, 0.3) is 0 Å². The molecule has 0 unspecified atom stereocenters. The predicted octanol–water partition coefficient (Wildman–Crippen LogP) is 1.56. The molecule has 0 N–H and O–H groups in total. The molecule has 88 valence electrons. The minimum atomic E-state index is -1.56. The van der Waals surface area contributed by atoms with Crippen LogP contribution in [-0.2, 0) is 18.7 Å². The lowest BCUT2D eigenvalue weighted by molar-refractivity contribution is -0.151. The third-order valence-electron chi connectivity index (χ3n) is 2.04. The average molecular weight is 232 g/mol. The molecule has 1 heterocycles. The van der Waals surface area contributed by atoms with Gasteiger partial charge in [0.15, 0.2) is 20.4 Å². The van der Waals surface area contributed by atoms with E-state index in [9.17, 15) is 4.79 Å². The molecule has 0 bridgehead atoms. The molecular weight excluding hydrogens is 212 g/mol. The zero-order chi connectivity index (χ0) is 11.7. The van der Waals surface area contributed by atoms with E-state index in [1.165, 1.54) is 0 Å². The summed E-state index contributed by atoms with van der Waals surface area (Å²) in [4.78, 5) is 10.8. The molecule has 2 atom stereocenters. The summed E-state index contributed by atoms with van der Waals surface area (Å²) in [5, 5.41) is 0. The van der Waals surface area contributed by atoms with Crippen molar-refractivity contribution in [2.75, 3.05) is 6.61 Å². The second kappa shape index (κ2) is 4.33. The van der Waals surface area contributed by atoms with E-state index >= 15 is 0 Å². The Morgan fingerprint density at radius 3 is 2.40 bits per heavy atom. The first-order valence-corrected chi connectivity index (χ1v) is 8.59. The Morgan fingerprint density at radius 2 is 1.93 bits per heavy atom. The highest BCUT2D eigenvalue weighted by molar-refractivity contribution is 6.69. The Hall–Kier alpha value is -0.233. The SMILES string of the molecule is CC1(C)O[C@@H](CO[Si](C)(C)C)[C@@H](C=O)O1. The van der Waals surface area contributed by atoms with Crippen LogP contribution in [0.1, 0.15) is 13.8 Å². The molecule has 0 aromatic carbocycles. The fraction of sp³-hybridized carbons (Fsp3) is 0.900. The Balaban J connectivity index is 2.51. The maximum Gasteiger partial charge on any atom is 0.183 e. The molecule has 1 rings (SSSR count). The van der Waals surface area contributed by atoms with Gasteiger partial charge in [0.1, 0.15) is 12.2 Å². The molecule has 15 heavy (non-hydrogen) atoms. The van der Waals surface area contributed by atoms with Crippen molar-refractivity contribution in [3.8, 4) is 0 Å². The maximum atomic E-state index is 10.8. The van der Waals surface area contributed by atoms with Gasteiger partial charge in [-0.15, -0.1) is 0 Å². The number of carbonyl (C=O) groups excluding carboxylic acids is 1. The third kappa shape index (κ3) is 4.02. The van der Waals surface area contributed by atoms with E-state index in [1.807, 2.05) is 0 Å². The summed E-state index contributed by atoms with van der Waals surface area (Å²) in [5.41, 5.74) is 0. The molecule has 1 saturated heterocycles. The lowest BCUT2D eigenvalue weighted by Gasteiger charge is -2.21. The van der Waals surface area contributed by atoms with Gasteiger partial charge < -0.3 is 18.7 Å². The van der Waals surface area contributed by atoms with Crippen molar-refractivity contribution >= 4 is 14.6 Å². The lowest BCUT2D eigenvalue weighted by atomic mass is 10.2. The van der Waals surface area contributed by atoms with Gasteiger partial charge in [0, 0.05) is 0 Å². The Bertz CT molecular complexity index is 234. The molecule has 1 aliphatic rings. The molecular formula is C10H20O4Si. The summed E-state index contributed by atoms with van der Waals surface area (Å²) in [6.07, 6.45) is 0.00747. The zero-order valence-corrected chi connectivity index (χ0v) is 11.1. The van der Waals surface area contributed by atoms with Crippen LogP contribution in [-0.4, -0.2) is 39.2 Å². The summed E-state index contributed by atoms with van der Waals surface area (Å²) in [6, 6.07) is 0. The van der Waals surface area contributed by atoms with Crippen LogP contribution in [0.15, 0.2) is 0 Å². The fourth-order valence-electron chi connectivity index (χ4n) is 1.44. The first kappa shape index (κ1) is 12.8. The first-order chi connectivity index (χ1) is 6.73. The zero-order valence-electron chi connectivity index (χ0n) is 10.1. The molecule has 1 fully saturated rings. The van der Waals surface area contributed by atoms with Gasteiger partial charge in [0.2, 0.25) is 0 Å². The van der Waals surface area contributed by atoms with Gasteiger partial charge >= 0.3 is 0 Å². The number of hydrogen-bond acceptors (Lipinski definition) is 4. The van der Waals surface area contributed by atoms with E-state index in [-0.39, 0.29) is 6.10 Å². The number of hydrogen-bond donors (Lipinski definition) is 0. The lowest BCUT2D eigenvalue weighted by Crippen LogP contribution is -2.35. The molecule has 0 aromatic heterocycles. The molecule has 0 aromatic rings. The van der Waals surface area contributed by atoms with E-state index in [0.29, 0.717) is 6.61 Å². The van der Waals surface area contributed by atoms with Crippen LogP contribution in [0.25, 0.3) is 0 Å². The Labute approximate surface area is 92.0 Å². The smallest absolute Gasteiger partial charge is 0.183 e. The normalized spacial score (nSPS) is 30.5. The Morgan fingerprint density at radius 1 is 1.33 bits per heavy atom. The summed E-state index contributed by atoms with van der Waals surface area (Å²) < 4.78 is 16.7. The minimum absolute atomic E-state index is 0.274. The number of ether oxygens (including phenoxy) is 2. The summed E-state index contributed by atoms with van der Waals surface area (Å²) in [5.74, 6) is -0.682. The maximum absolute atomic E-state index is 10.8. The standard InChI is InChI=1S/C10H20O4Si/c1-10(2)13-8(6-11)9(14-10)7-12-15(3,4)5/h6,8-9H,7H2,1-5H3/t8-,9+/m1/s1. The highest BCUT2D eigenvalue weighted by Crippen LogP contribution is 2.27. The molecule has 5 heteroatoms. The molecule has 0 radical (unpaired) electrons. The highest BCUT2D eigenvalue weighted by atomic mass is 28.4. The number of carbonyl (C=O) groups is 1. The van der Waals surface area contributed by atoms with Crippen LogP contribution in [0.3, 0.4) is 0 Å². The van der Waals surface area contributed by atoms with E-state index in [4.69, 9.17) is 13.9 Å². The van der Waals surface area contributed by atoms with Crippen LogP contribution >= 0.6 is 0 Å². The van der Waals surface area contributed by atoms with Gasteiger partial charge in [0.05, 0.1) is 6.61 Å². The van der Waals surface area contributed by atoms with Gasteiger partial charge in [-0.1, -0.05) is 0 Å². The Kier molecular flexibility index (Phi) is 3.70. The highest BCUT2D eigenvalue weighted by Gasteiger charge is 2.41. The second-order valence-corrected chi connectivity index (χ2v) is 9.71. The van der Waals surface area contributed by atoms with Gasteiger partial charge in [-0.2, -0.15) is 0 Å². The molecule has 0 amide bonds. The monoisotopic (exact) mass is 232 g/mol. The quantitative estimate of drug-likeness (QED) is 0.545. The number of rotatable bonds is 4. The predicted molar refractivity (Wildman–Crippen MR) is 59.2 cm³/mol. The van der Waals surface area contributed by atoms with Crippen molar-refractivity contribution in [1.82, 2.24) is 0 Å². The summed E-state index contributed by atoms with van der Waals surface area (Å²) in [7, 11) is -1.56. The topological polar surface area (TPSA) is 44.8 Å². The third-order valence-corrected chi connectivity index (χ3v) is 3.07. The van der Waals surface area contributed by atoms with Crippen LogP contribution in [0.2, 0.25) is 19.6 Å². The average Bonchev–Trinajstić information content (AvgIpc) is 2.36. The fourth-order valence-corrected chi connectivity index (χ4v) is 2.10. The van der Waals surface area contributed by atoms with Crippen molar-refractivity contribution in [2.45, 2.75) is 51.5 Å².